The fourth-order valence-electron chi connectivity index (χ4n) is 1.56. The third-order valence-corrected chi connectivity index (χ3v) is 4.46. The van der Waals surface area contributed by atoms with Gasteiger partial charge in [-0.2, -0.15) is 5.10 Å². The van der Waals surface area contributed by atoms with E-state index in [0.29, 0.717) is 12.2 Å². The molecule has 1 heterocycles. The number of hydrogen-bond donors (Lipinski definition) is 1. The van der Waals surface area contributed by atoms with E-state index < -0.39 is 15.3 Å². The summed E-state index contributed by atoms with van der Waals surface area (Å²) in [4.78, 5) is 0. The normalized spacial score (nSPS) is 11.7. The minimum absolute atomic E-state index is 0.468. The van der Waals surface area contributed by atoms with Crippen molar-refractivity contribution in [1.82, 2.24) is 9.78 Å². The second-order valence-corrected chi connectivity index (χ2v) is 6.84. The molecule has 1 N–H and O–H groups in total. The van der Waals surface area contributed by atoms with Gasteiger partial charge in [-0.05, 0) is 19.4 Å². The van der Waals surface area contributed by atoms with Crippen molar-refractivity contribution in [3.63, 3.8) is 0 Å². The van der Waals surface area contributed by atoms with Crippen LogP contribution in [0.4, 0.5) is 5.69 Å². The molecule has 0 aliphatic heterocycles. The fraction of sp³-hybridized carbons (Fsp3) is 0.308. The monoisotopic (exact) mass is 279 g/mol. The maximum Gasteiger partial charge on any atom is 0.235 e. The zero-order valence-corrected chi connectivity index (χ0v) is 11.8. The predicted octanol–water partition coefficient (Wildman–Crippen LogP) is 2.08. The molecule has 0 atom stereocenters. The molecule has 0 unspecified atom stereocenters. The molecule has 0 saturated carbocycles. The Morgan fingerprint density at radius 3 is 2.58 bits per heavy atom. The number of rotatable bonds is 5. The van der Waals surface area contributed by atoms with Crippen molar-refractivity contribution < 1.29 is 8.42 Å². The van der Waals surface area contributed by atoms with Crippen LogP contribution >= 0.6 is 0 Å². The van der Waals surface area contributed by atoms with E-state index in [1.807, 2.05) is 30.3 Å². The second-order valence-electron chi connectivity index (χ2n) is 4.61. The van der Waals surface area contributed by atoms with Crippen LogP contribution in [0, 0.1) is 0 Å². The average molecular weight is 279 g/mol. The Hall–Kier alpha value is -1.82. The van der Waals surface area contributed by atoms with Crippen molar-refractivity contribution in [3.05, 3.63) is 48.3 Å². The maximum atomic E-state index is 11.7. The van der Waals surface area contributed by atoms with Gasteiger partial charge in [-0.15, -0.1) is 0 Å². The highest BCUT2D eigenvalue weighted by Crippen LogP contribution is 2.11. The number of benzene rings is 1. The first-order chi connectivity index (χ1) is 8.97. The van der Waals surface area contributed by atoms with E-state index in [4.69, 9.17) is 0 Å². The van der Waals surface area contributed by atoms with Crippen molar-refractivity contribution in [2.45, 2.75) is 25.6 Å². The maximum absolute atomic E-state index is 11.7. The molecule has 2 aromatic rings. The Labute approximate surface area is 113 Å². The molecular formula is C13H17N3O2S. The molecule has 1 aromatic carbocycles. The largest absolute Gasteiger partial charge is 0.280 e. The van der Waals surface area contributed by atoms with Gasteiger partial charge in [0.25, 0.3) is 0 Å². The van der Waals surface area contributed by atoms with Crippen LogP contribution < -0.4 is 4.72 Å². The van der Waals surface area contributed by atoms with E-state index in [1.54, 1.807) is 24.7 Å². The summed E-state index contributed by atoms with van der Waals surface area (Å²) in [6, 6.07) is 9.87. The Balaban J connectivity index is 2.08. The van der Waals surface area contributed by atoms with Crippen LogP contribution in [0.25, 0.3) is 0 Å². The highest BCUT2D eigenvalue weighted by molar-refractivity contribution is 7.93. The topological polar surface area (TPSA) is 64.0 Å². The van der Waals surface area contributed by atoms with E-state index in [1.165, 1.54) is 6.20 Å². The van der Waals surface area contributed by atoms with Crippen molar-refractivity contribution in [1.29, 1.82) is 0 Å². The quantitative estimate of drug-likeness (QED) is 0.911. The molecule has 5 nitrogen and oxygen atoms in total. The van der Waals surface area contributed by atoms with E-state index in [9.17, 15) is 8.42 Å². The molecule has 0 aliphatic rings. The fourth-order valence-corrected chi connectivity index (χ4v) is 2.22. The Kier molecular flexibility index (Phi) is 3.90. The van der Waals surface area contributed by atoms with Gasteiger partial charge in [-0.3, -0.25) is 9.40 Å². The molecule has 2 rings (SSSR count). The van der Waals surface area contributed by atoms with Gasteiger partial charge in [0.05, 0.1) is 23.7 Å². The zero-order chi connectivity index (χ0) is 13.9. The third-order valence-electron chi connectivity index (χ3n) is 2.70. The van der Waals surface area contributed by atoms with Crippen molar-refractivity contribution in [2.24, 2.45) is 0 Å². The summed E-state index contributed by atoms with van der Waals surface area (Å²) in [7, 11) is -3.31. The molecule has 0 bridgehead atoms. The summed E-state index contributed by atoms with van der Waals surface area (Å²) in [6.07, 6.45) is 3.20. The van der Waals surface area contributed by atoms with Crippen molar-refractivity contribution in [3.8, 4) is 0 Å². The van der Waals surface area contributed by atoms with Crippen LogP contribution in [-0.2, 0) is 16.6 Å². The zero-order valence-electron chi connectivity index (χ0n) is 10.9. The summed E-state index contributed by atoms with van der Waals surface area (Å²) in [5.41, 5.74) is 1.61. The lowest BCUT2D eigenvalue weighted by Gasteiger charge is -2.08. The molecule has 19 heavy (non-hydrogen) atoms. The molecular weight excluding hydrogens is 262 g/mol. The van der Waals surface area contributed by atoms with Crippen LogP contribution in [0.5, 0.6) is 0 Å². The third kappa shape index (κ3) is 3.57. The number of nitrogens with one attached hydrogen (secondary N) is 1. The smallest absolute Gasteiger partial charge is 0.235 e. The molecule has 102 valence electrons. The first-order valence-electron chi connectivity index (χ1n) is 6.05. The van der Waals surface area contributed by atoms with Gasteiger partial charge < -0.3 is 0 Å². The molecule has 0 saturated heterocycles. The Morgan fingerprint density at radius 1 is 1.26 bits per heavy atom. The highest BCUT2D eigenvalue weighted by Gasteiger charge is 2.16. The molecule has 0 spiro atoms. The number of anilines is 1. The predicted molar refractivity (Wildman–Crippen MR) is 75.4 cm³/mol. The van der Waals surface area contributed by atoms with Crippen molar-refractivity contribution >= 4 is 15.7 Å². The SMILES string of the molecule is CC(C)S(=O)(=O)Nc1cnn(Cc2ccccc2)c1. The van der Waals surface area contributed by atoms with Crippen LogP contribution in [0.1, 0.15) is 19.4 Å². The molecule has 6 heteroatoms. The first kappa shape index (κ1) is 13.6. The minimum atomic E-state index is -3.31. The number of hydrogen-bond acceptors (Lipinski definition) is 3. The minimum Gasteiger partial charge on any atom is -0.280 e. The summed E-state index contributed by atoms with van der Waals surface area (Å²) in [5.74, 6) is 0. The van der Waals surface area contributed by atoms with Gasteiger partial charge in [-0.1, -0.05) is 30.3 Å². The second kappa shape index (κ2) is 5.44. The summed E-state index contributed by atoms with van der Waals surface area (Å²) in [5, 5.41) is 3.68. The summed E-state index contributed by atoms with van der Waals surface area (Å²) < 4.78 is 27.7. The standard InChI is InChI=1S/C13H17N3O2S/c1-11(2)19(17,18)15-13-8-14-16(10-13)9-12-6-4-3-5-7-12/h3-8,10-11,15H,9H2,1-2H3. The van der Waals surface area contributed by atoms with Crippen LogP contribution in [0.15, 0.2) is 42.7 Å². The van der Waals surface area contributed by atoms with E-state index >= 15 is 0 Å². The first-order valence-corrected chi connectivity index (χ1v) is 7.60. The lowest BCUT2D eigenvalue weighted by molar-refractivity contribution is 0.593. The molecule has 0 radical (unpaired) electrons. The van der Waals surface area contributed by atoms with E-state index in [2.05, 4.69) is 9.82 Å². The average Bonchev–Trinajstić information content (AvgIpc) is 2.77. The van der Waals surface area contributed by atoms with Gasteiger partial charge >= 0.3 is 0 Å². The van der Waals surface area contributed by atoms with Crippen molar-refractivity contribution in [2.75, 3.05) is 4.72 Å². The van der Waals surface area contributed by atoms with Gasteiger partial charge in [0.1, 0.15) is 0 Å². The Morgan fingerprint density at radius 2 is 1.95 bits per heavy atom. The van der Waals surface area contributed by atoms with Gasteiger partial charge in [-0.25, -0.2) is 8.42 Å². The van der Waals surface area contributed by atoms with E-state index in [-0.39, 0.29) is 0 Å². The number of sulfonamides is 1. The van der Waals surface area contributed by atoms with Gasteiger partial charge in [0.2, 0.25) is 10.0 Å². The summed E-state index contributed by atoms with van der Waals surface area (Å²) >= 11 is 0. The van der Waals surface area contributed by atoms with Crippen LogP contribution in [0.3, 0.4) is 0 Å². The van der Waals surface area contributed by atoms with Gasteiger partial charge in [0.15, 0.2) is 0 Å². The lowest BCUT2D eigenvalue weighted by Crippen LogP contribution is -2.22. The molecule has 0 aliphatic carbocycles. The lowest BCUT2D eigenvalue weighted by atomic mass is 10.2. The molecule has 1 aromatic heterocycles. The number of nitrogens with zero attached hydrogens (tertiary/aromatic N) is 2. The van der Waals surface area contributed by atoms with Crippen LogP contribution in [0.2, 0.25) is 0 Å². The van der Waals surface area contributed by atoms with E-state index in [0.717, 1.165) is 5.56 Å². The van der Waals surface area contributed by atoms with Crippen LogP contribution in [-0.4, -0.2) is 23.4 Å². The highest BCUT2D eigenvalue weighted by atomic mass is 32.2. The molecule has 0 fully saturated rings. The molecule has 0 amide bonds. The van der Waals surface area contributed by atoms with Gasteiger partial charge in [0, 0.05) is 6.20 Å². The summed E-state index contributed by atoms with van der Waals surface area (Å²) in [6.45, 7) is 3.89. The Bertz CT molecular complexity index is 633. The number of aromatic nitrogens is 2.